The number of nitrogens with zero attached hydrogens (tertiary/aromatic N) is 3. The molecular formula is C12H16N4O2. The van der Waals surface area contributed by atoms with Crippen LogP contribution in [0.15, 0.2) is 30.6 Å². The van der Waals surface area contributed by atoms with Crippen molar-refractivity contribution in [3.8, 4) is 11.8 Å². The molecule has 0 spiro atoms. The Bertz CT molecular complexity index is 498. The zero-order valence-electron chi connectivity index (χ0n) is 10.2. The van der Waals surface area contributed by atoms with Crippen LogP contribution in [0.1, 0.15) is 5.56 Å². The van der Waals surface area contributed by atoms with Gasteiger partial charge in [0.2, 0.25) is 0 Å². The number of nitrogens with two attached hydrogens (primary N) is 1. The Labute approximate surface area is 105 Å². The van der Waals surface area contributed by atoms with Crippen LogP contribution in [0.3, 0.4) is 0 Å². The first kappa shape index (κ1) is 12.4. The molecular weight excluding hydrogens is 232 g/mol. The van der Waals surface area contributed by atoms with Gasteiger partial charge < -0.3 is 15.2 Å². The molecule has 0 amide bonds. The van der Waals surface area contributed by atoms with Crippen molar-refractivity contribution < 1.29 is 9.47 Å². The van der Waals surface area contributed by atoms with Gasteiger partial charge in [0, 0.05) is 19.2 Å². The lowest BCUT2D eigenvalue weighted by molar-refractivity contribution is 0.205. The summed E-state index contributed by atoms with van der Waals surface area (Å²) in [6, 6.07) is 8.03. The van der Waals surface area contributed by atoms with Crippen molar-refractivity contribution in [2.24, 2.45) is 12.8 Å². The predicted molar refractivity (Wildman–Crippen MR) is 66.3 cm³/mol. The minimum Gasteiger partial charge on any atom is -0.490 e. The van der Waals surface area contributed by atoms with E-state index in [-0.39, 0.29) is 0 Å². The number of hydrogen-bond donors (Lipinski definition) is 1. The molecule has 1 aromatic carbocycles. The Balaban J connectivity index is 1.78. The van der Waals surface area contributed by atoms with Crippen LogP contribution in [0.5, 0.6) is 11.8 Å². The van der Waals surface area contributed by atoms with E-state index in [4.69, 9.17) is 15.2 Å². The highest BCUT2D eigenvalue weighted by atomic mass is 16.5. The molecule has 0 atom stereocenters. The predicted octanol–water partition coefficient (Wildman–Crippen LogP) is 0.732. The topological polar surface area (TPSA) is 75.2 Å². The van der Waals surface area contributed by atoms with Gasteiger partial charge in [0.15, 0.2) is 0 Å². The number of para-hydroxylation sites is 1. The number of rotatable bonds is 6. The lowest BCUT2D eigenvalue weighted by atomic mass is 10.2. The van der Waals surface area contributed by atoms with E-state index in [2.05, 4.69) is 10.1 Å². The van der Waals surface area contributed by atoms with Crippen LogP contribution in [0.2, 0.25) is 0 Å². The van der Waals surface area contributed by atoms with Gasteiger partial charge in [-0.2, -0.15) is 4.98 Å². The summed E-state index contributed by atoms with van der Waals surface area (Å²) in [6.07, 6.45) is 1.58. The first-order chi connectivity index (χ1) is 8.79. The van der Waals surface area contributed by atoms with Gasteiger partial charge in [-0.3, -0.25) is 4.68 Å². The van der Waals surface area contributed by atoms with E-state index in [0.29, 0.717) is 25.8 Å². The van der Waals surface area contributed by atoms with Crippen LogP contribution in [-0.2, 0) is 13.6 Å². The van der Waals surface area contributed by atoms with Crippen LogP contribution in [0, 0.1) is 0 Å². The molecule has 6 nitrogen and oxygen atoms in total. The summed E-state index contributed by atoms with van der Waals surface area (Å²) in [5.41, 5.74) is 6.59. The normalized spacial score (nSPS) is 10.3. The summed E-state index contributed by atoms with van der Waals surface area (Å²) < 4.78 is 12.5. The number of benzene rings is 1. The molecule has 0 bridgehead atoms. The smallest absolute Gasteiger partial charge is 0.335 e. The quantitative estimate of drug-likeness (QED) is 0.763. The SMILES string of the molecule is Cn1cnc(OCCOc2ccccc2CN)n1. The van der Waals surface area contributed by atoms with E-state index >= 15 is 0 Å². The number of hydrogen-bond acceptors (Lipinski definition) is 5. The maximum absolute atomic E-state index is 5.61. The van der Waals surface area contributed by atoms with Crippen molar-refractivity contribution in [3.63, 3.8) is 0 Å². The van der Waals surface area contributed by atoms with Crippen LogP contribution >= 0.6 is 0 Å². The maximum atomic E-state index is 5.61. The molecule has 0 saturated carbocycles. The summed E-state index contributed by atoms with van der Waals surface area (Å²) in [5.74, 6) is 0.789. The molecule has 18 heavy (non-hydrogen) atoms. The second-order valence-corrected chi connectivity index (χ2v) is 3.71. The lowest BCUT2D eigenvalue weighted by Crippen LogP contribution is -2.11. The number of ether oxygens (including phenoxy) is 2. The Morgan fingerprint density at radius 1 is 1.22 bits per heavy atom. The third-order valence-electron chi connectivity index (χ3n) is 2.34. The molecule has 0 radical (unpaired) electrons. The zero-order chi connectivity index (χ0) is 12.8. The fourth-order valence-electron chi connectivity index (χ4n) is 1.48. The molecule has 96 valence electrons. The average molecular weight is 248 g/mol. The number of aromatic nitrogens is 3. The second-order valence-electron chi connectivity index (χ2n) is 3.71. The summed E-state index contributed by atoms with van der Waals surface area (Å²) in [6.45, 7) is 1.27. The van der Waals surface area contributed by atoms with E-state index in [0.717, 1.165) is 11.3 Å². The van der Waals surface area contributed by atoms with E-state index < -0.39 is 0 Å². The third-order valence-corrected chi connectivity index (χ3v) is 2.34. The van der Waals surface area contributed by atoms with Gasteiger partial charge in [0.05, 0.1) is 0 Å². The standard InChI is InChI=1S/C12H16N4O2/c1-16-9-14-12(15-16)18-7-6-17-11-5-3-2-4-10(11)8-13/h2-5,9H,6-8,13H2,1H3. The minimum absolute atomic E-state index is 0.355. The first-order valence-corrected chi connectivity index (χ1v) is 5.69. The van der Waals surface area contributed by atoms with Crippen LogP contribution in [0.4, 0.5) is 0 Å². The first-order valence-electron chi connectivity index (χ1n) is 5.69. The van der Waals surface area contributed by atoms with Crippen molar-refractivity contribution in [1.29, 1.82) is 0 Å². The van der Waals surface area contributed by atoms with Crippen molar-refractivity contribution >= 4 is 0 Å². The third kappa shape index (κ3) is 3.21. The van der Waals surface area contributed by atoms with Crippen molar-refractivity contribution in [2.45, 2.75) is 6.54 Å². The fraction of sp³-hybridized carbons (Fsp3) is 0.333. The lowest BCUT2D eigenvalue weighted by Gasteiger charge is -2.09. The molecule has 0 aliphatic rings. The highest BCUT2D eigenvalue weighted by molar-refractivity contribution is 5.32. The van der Waals surface area contributed by atoms with E-state index in [1.165, 1.54) is 0 Å². The van der Waals surface area contributed by atoms with Crippen LogP contribution < -0.4 is 15.2 Å². The van der Waals surface area contributed by atoms with Gasteiger partial charge in [-0.1, -0.05) is 18.2 Å². The Morgan fingerprint density at radius 3 is 2.72 bits per heavy atom. The molecule has 6 heteroatoms. The molecule has 0 unspecified atom stereocenters. The van der Waals surface area contributed by atoms with Crippen LogP contribution in [-0.4, -0.2) is 28.0 Å². The zero-order valence-corrected chi connectivity index (χ0v) is 10.2. The summed E-state index contributed by atoms with van der Waals surface area (Å²) in [5, 5.41) is 4.00. The molecule has 0 aliphatic carbocycles. The Kier molecular flexibility index (Phi) is 4.14. The van der Waals surface area contributed by atoms with Gasteiger partial charge >= 0.3 is 6.01 Å². The van der Waals surface area contributed by atoms with E-state index in [1.807, 2.05) is 24.3 Å². The molecule has 0 fully saturated rings. The van der Waals surface area contributed by atoms with Gasteiger partial charge in [0.1, 0.15) is 25.3 Å². The van der Waals surface area contributed by atoms with Crippen molar-refractivity contribution in [2.75, 3.05) is 13.2 Å². The monoisotopic (exact) mass is 248 g/mol. The molecule has 2 N–H and O–H groups in total. The summed E-state index contributed by atoms with van der Waals surface area (Å²) in [7, 11) is 1.79. The highest BCUT2D eigenvalue weighted by Crippen LogP contribution is 2.16. The molecule has 0 aliphatic heterocycles. The van der Waals surface area contributed by atoms with E-state index in [1.54, 1.807) is 18.1 Å². The fourth-order valence-corrected chi connectivity index (χ4v) is 1.48. The summed E-state index contributed by atoms with van der Waals surface area (Å²) in [4.78, 5) is 3.95. The van der Waals surface area contributed by atoms with Gasteiger partial charge in [-0.15, -0.1) is 5.10 Å². The highest BCUT2D eigenvalue weighted by Gasteiger charge is 2.02. The number of aryl methyl sites for hydroxylation is 1. The minimum atomic E-state index is 0.355. The maximum Gasteiger partial charge on any atom is 0.335 e. The Morgan fingerprint density at radius 2 is 2.00 bits per heavy atom. The largest absolute Gasteiger partial charge is 0.490 e. The molecule has 1 heterocycles. The molecule has 2 aromatic rings. The van der Waals surface area contributed by atoms with Crippen LogP contribution in [0.25, 0.3) is 0 Å². The van der Waals surface area contributed by atoms with Crippen molar-refractivity contribution in [3.05, 3.63) is 36.2 Å². The summed E-state index contributed by atoms with van der Waals surface area (Å²) >= 11 is 0. The van der Waals surface area contributed by atoms with Gasteiger partial charge in [-0.25, -0.2) is 0 Å². The Hall–Kier alpha value is -2.08. The van der Waals surface area contributed by atoms with Gasteiger partial charge in [-0.05, 0) is 6.07 Å². The second kappa shape index (κ2) is 6.02. The molecule has 0 saturated heterocycles. The van der Waals surface area contributed by atoms with Gasteiger partial charge in [0.25, 0.3) is 0 Å². The molecule has 2 rings (SSSR count). The molecule has 1 aromatic heterocycles. The average Bonchev–Trinajstić information content (AvgIpc) is 2.81. The van der Waals surface area contributed by atoms with Crippen molar-refractivity contribution in [1.82, 2.24) is 14.8 Å². The van der Waals surface area contributed by atoms with E-state index in [9.17, 15) is 0 Å².